The van der Waals surface area contributed by atoms with Gasteiger partial charge in [0, 0.05) is 48.6 Å². The summed E-state index contributed by atoms with van der Waals surface area (Å²) < 4.78 is 110. The second-order valence-corrected chi connectivity index (χ2v) is 21.6. The number of ether oxygens (including phenoxy) is 6. The van der Waals surface area contributed by atoms with Gasteiger partial charge in [-0.15, -0.1) is 0 Å². The molecule has 2 aliphatic rings. The first-order chi connectivity index (χ1) is 28.4. The van der Waals surface area contributed by atoms with Crippen LogP contribution >= 0.6 is 0 Å². The van der Waals surface area contributed by atoms with Crippen molar-refractivity contribution in [2.75, 3.05) is 25.7 Å². The molecule has 0 aromatic heterocycles. The molecule has 2 unspecified atom stereocenters. The first-order valence-electron chi connectivity index (χ1n) is 19.2. The summed E-state index contributed by atoms with van der Waals surface area (Å²) in [6.07, 6.45) is 2.44. The van der Waals surface area contributed by atoms with Crippen LogP contribution in [0.3, 0.4) is 0 Å². The smallest absolute Gasteiger partial charge is 0.338 e. The molecule has 0 radical (unpaired) electrons. The molecule has 0 amide bonds. The van der Waals surface area contributed by atoms with Crippen LogP contribution in [0.25, 0.3) is 0 Å². The minimum absolute atomic E-state index is 0. The molecule has 2 aliphatic heterocycles. The van der Waals surface area contributed by atoms with Crippen molar-refractivity contribution in [2.24, 2.45) is 0 Å². The molecule has 0 saturated heterocycles. The number of benzene rings is 4. The Bertz CT molecular complexity index is 2630. The quantitative estimate of drug-likeness (QED) is 0.115. The van der Waals surface area contributed by atoms with Crippen LogP contribution in [-0.4, -0.2) is 87.1 Å². The van der Waals surface area contributed by atoms with Crippen molar-refractivity contribution in [3.63, 3.8) is 0 Å². The normalized spacial score (nSPS) is 18.0. The summed E-state index contributed by atoms with van der Waals surface area (Å²) in [5.41, 5.74) is -1.93. The number of rotatable bonds is 10. The van der Waals surface area contributed by atoms with Gasteiger partial charge in [0.25, 0.3) is 0 Å². The largest absolute Gasteiger partial charge is 0.484 e. The molecule has 344 valence electrons. The number of carbonyl (C=O) groups excluding carboxylic acids is 2. The summed E-state index contributed by atoms with van der Waals surface area (Å²) >= 11 is 0. The summed E-state index contributed by atoms with van der Waals surface area (Å²) in [5.74, 6) is -2.04. The lowest BCUT2D eigenvalue weighted by molar-refractivity contribution is 0.00557. The zero-order valence-corrected chi connectivity index (χ0v) is 37.6. The maximum atomic E-state index is 14.3. The monoisotopic (exact) mass is 920 g/mol. The number of aliphatic hydroxyl groups is 2. The molecule has 0 fully saturated rings. The fraction of sp³-hybridized carbons (Fsp3) is 0.422. The van der Waals surface area contributed by atoms with E-state index in [1.54, 1.807) is 55.4 Å². The van der Waals surface area contributed by atoms with E-state index in [0.29, 0.717) is 29.0 Å². The number of hydrogen-bond donors (Lipinski definition) is 2. The van der Waals surface area contributed by atoms with Gasteiger partial charge in [0.1, 0.15) is 78.3 Å². The van der Waals surface area contributed by atoms with Crippen molar-refractivity contribution < 1.29 is 73.8 Å². The van der Waals surface area contributed by atoms with Crippen LogP contribution in [0.15, 0.2) is 70.5 Å². The molecule has 6 rings (SSSR count). The van der Waals surface area contributed by atoms with E-state index in [0.717, 1.165) is 42.8 Å². The average Bonchev–Trinajstić information content (AvgIpc) is 3.66. The summed E-state index contributed by atoms with van der Waals surface area (Å²) in [7, 11) is -7.44. The summed E-state index contributed by atoms with van der Waals surface area (Å²) in [4.78, 5) is 24.6. The number of aliphatic hydroxyl groups excluding tert-OH is 2. The number of halogens is 2. The molecule has 4 aromatic rings. The fourth-order valence-corrected chi connectivity index (χ4v) is 7.86. The first kappa shape index (κ1) is 50.3. The summed E-state index contributed by atoms with van der Waals surface area (Å²) in [6.45, 7) is 13.2. The molecule has 2 heterocycles. The predicted octanol–water partition coefficient (Wildman–Crippen LogP) is 7.96. The van der Waals surface area contributed by atoms with Crippen molar-refractivity contribution >= 4 is 31.6 Å². The van der Waals surface area contributed by atoms with Crippen molar-refractivity contribution in [3.8, 4) is 34.5 Å². The molecule has 14 nitrogen and oxygen atoms in total. The minimum atomic E-state index is -3.73. The van der Waals surface area contributed by atoms with Gasteiger partial charge in [-0.05, 0) is 104 Å². The van der Waals surface area contributed by atoms with Crippen molar-refractivity contribution in [2.45, 2.75) is 108 Å². The van der Waals surface area contributed by atoms with Crippen molar-refractivity contribution in [1.82, 2.24) is 0 Å². The van der Waals surface area contributed by atoms with Gasteiger partial charge < -0.3 is 38.6 Å². The van der Waals surface area contributed by atoms with Gasteiger partial charge in [-0.25, -0.2) is 35.2 Å². The van der Waals surface area contributed by atoms with Gasteiger partial charge in [0.2, 0.25) is 0 Å². The molecule has 2 atom stereocenters. The fourth-order valence-electron chi connectivity index (χ4n) is 6.35. The van der Waals surface area contributed by atoms with E-state index in [4.69, 9.17) is 28.4 Å². The Morgan fingerprint density at radius 1 is 0.651 bits per heavy atom. The number of hydrogen-bond acceptors (Lipinski definition) is 14. The molecule has 4 aromatic carbocycles. The predicted molar refractivity (Wildman–Crippen MR) is 229 cm³/mol. The Morgan fingerprint density at radius 2 is 1.08 bits per heavy atom. The Morgan fingerprint density at radius 3 is 1.48 bits per heavy atom. The van der Waals surface area contributed by atoms with E-state index in [1.807, 2.05) is 0 Å². The lowest BCUT2D eigenvalue weighted by Crippen LogP contribution is -2.34. The van der Waals surface area contributed by atoms with Gasteiger partial charge in [-0.1, -0.05) is 7.43 Å². The highest BCUT2D eigenvalue weighted by Gasteiger charge is 2.39. The van der Waals surface area contributed by atoms with E-state index in [-0.39, 0.29) is 66.1 Å². The number of carbonyl (C=O) groups is 2. The molecule has 0 aliphatic carbocycles. The lowest BCUT2D eigenvalue weighted by atomic mass is 9.98. The second kappa shape index (κ2) is 18.1. The number of fused-ring (bicyclic) bond motifs is 2. The maximum absolute atomic E-state index is 14.3. The third kappa shape index (κ3) is 12.5. The van der Waals surface area contributed by atoms with Gasteiger partial charge in [0.05, 0.1) is 24.3 Å². The van der Waals surface area contributed by atoms with E-state index in [1.165, 1.54) is 30.3 Å². The highest BCUT2D eigenvalue weighted by atomic mass is 32.2. The highest BCUT2D eigenvalue weighted by molar-refractivity contribution is 7.91. The van der Waals surface area contributed by atoms with Crippen molar-refractivity contribution in [1.29, 1.82) is 0 Å². The SMILES string of the molecule is C.CC(C)(C)OC(=O)c1cc(Oc2cc(F)ccc2S(C)(=O)=O)c2c(c1)OC(C)(CO)C2.CC(C)(C)OC(=O)c1cc(Oc2ccc(S(C)(=O)=O)c(F)c2)c2c(c1)OC(C)(CO)C2. The molecule has 0 bridgehead atoms. The zero-order valence-electron chi connectivity index (χ0n) is 36.0. The first-order valence-corrected chi connectivity index (χ1v) is 22.9. The third-order valence-electron chi connectivity index (χ3n) is 9.14. The van der Waals surface area contributed by atoms with E-state index in [9.17, 15) is 45.4 Å². The van der Waals surface area contributed by atoms with Crippen LogP contribution < -0.4 is 18.9 Å². The van der Waals surface area contributed by atoms with Crippen LogP contribution in [0, 0.1) is 11.6 Å². The van der Waals surface area contributed by atoms with E-state index >= 15 is 0 Å². The van der Waals surface area contributed by atoms with Crippen LogP contribution in [0.5, 0.6) is 34.5 Å². The number of esters is 2. The van der Waals surface area contributed by atoms with Crippen LogP contribution in [0.1, 0.15) is 94.7 Å². The molecular weight excluding hydrogens is 867 g/mol. The summed E-state index contributed by atoms with van der Waals surface area (Å²) in [5, 5.41) is 19.4. The van der Waals surface area contributed by atoms with Crippen LogP contribution in [0.4, 0.5) is 8.78 Å². The molecule has 18 heteroatoms. The lowest BCUT2D eigenvalue weighted by Gasteiger charge is -2.21. The van der Waals surface area contributed by atoms with E-state index in [2.05, 4.69) is 0 Å². The average molecular weight is 921 g/mol. The third-order valence-corrected chi connectivity index (χ3v) is 11.4. The molecule has 0 spiro atoms. The second-order valence-electron chi connectivity index (χ2n) is 17.6. The van der Waals surface area contributed by atoms with Gasteiger partial charge in [-0.2, -0.15) is 0 Å². The Balaban J connectivity index is 0.000000272. The van der Waals surface area contributed by atoms with Gasteiger partial charge in [0.15, 0.2) is 19.7 Å². The van der Waals surface area contributed by atoms with Crippen LogP contribution in [0.2, 0.25) is 0 Å². The molecule has 63 heavy (non-hydrogen) atoms. The topological polar surface area (TPSA) is 198 Å². The highest BCUT2D eigenvalue weighted by Crippen LogP contribution is 2.45. The van der Waals surface area contributed by atoms with Crippen molar-refractivity contribution in [3.05, 3.63) is 94.6 Å². The standard InChI is InChI=1S/2C22H25FO7S.CH4/c1-21(2,3)30-20(25)13-8-17(15-11-22(4,12-24)29-18(15)9-13)28-14-6-7-19(16(23)10-14)31(5,26)27;1-21(2,3)30-20(25)13-8-16(15-11-22(4,12-24)29-17(15)9-13)28-18-10-14(23)6-7-19(18)31(5,26)27;/h2*6-10,24H,11-12H2,1-5H3;1H4. The van der Waals surface area contributed by atoms with Gasteiger partial charge >= 0.3 is 11.9 Å². The maximum Gasteiger partial charge on any atom is 0.338 e. The Kier molecular flexibility index (Phi) is 14.4. The molecule has 0 saturated carbocycles. The van der Waals surface area contributed by atoms with E-state index < -0.39 is 70.5 Å². The molecule has 2 N–H and O–H groups in total. The van der Waals surface area contributed by atoms with Gasteiger partial charge in [-0.3, -0.25) is 0 Å². The zero-order chi connectivity index (χ0) is 46.4. The Hall–Kier alpha value is -5.30. The summed E-state index contributed by atoms with van der Waals surface area (Å²) in [6, 6.07) is 12.4. The number of sulfone groups is 2. The molecular formula is C45H54F2O14S2. The minimum Gasteiger partial charge on any atom is -0.484 e. The van der Waals surface area contributed by atoms with Crippen LogP contribution in [-0.2, 0) is 42.0 Å². The Labute approximate surface area is 366 Å².